The number of aromatic nitrogens is 1. The van der Waals surface area contributed by atoms with Gasteiger partial charge in [-0.25, -0.2) is 4.98 Å². The van der Waals surface area contributed by atoms with E-state index in [0.29, 0.717) is 11.3 Å². The minimum absolute atomic E-state index is 0.437. The highest BCUT2D eigenvalue weighted by Crippen LogP contribution is 2.33. The Morgan fingerprint density at radius 2 is 2.00 bits per heavy atom. The molecule has 2 heterocycles. The summed E-state index contributed by atoms with van der Waals surface area (Å²) in [6.07, 6.45) is 3.72. The summed E-state index contributed by atoms with van der Waals surface area (Å²) in [5.41, 5.74) is 2.65. The number of halogens is 1. The molecule has 0 amide bonds. The van der Waals surface area contributed by atoms with Crippen LogP contribution < -0.4 is 4.90 Å². The second kappa shape index (κ2) is 5.84. The van der Waals surface area contributed by atoms with E-state index in [2.05, 4.69) is 43.0 Å². The van der Waals surface area contributed by atoms with E-state index in [1.165, 1.54) is 24.6 Å². The predicted octanol–water partition coefficient (Wildman–Crippen LogP) is 4.99. The van der Waals surface area contributed by atoms with Crippen molar-refractivity contribution < 1.29 is 0 Å². The van der Waals surface area contributed by atoms with Crippen molar-refractivity contribution in [3.05, 3.63) is 35.9 Å². The third-order valence-electron chi connectivity index (χ3n) is 4.56. The van der Waals surface area contributed by atoms with Gasteiger partial charge in [0.2, 0.25) is 0 Å². The number of rotatable bonds is 2. The molecule has 0 radical (unpaired) electrons. The monoisotopic (exact) mass is 302 g/mol. The van der Waals surface area contributed by atoms with Crippen molar-refractivity contribution in [2.45, 2.75) is 39.0 Å². The molecule has 1 fully saturated rings. The van der Waals surface area contributed by atoms with Crippen molar-refractivity contribution in [2.24, 2.45) is 5.41 Å². The van der Waals surface area contributed by atoms with Crippen LogP contribution in [-0.4, -0.2) is 18.1 Å². The third kappa shape index (κ3) is 3.16. The van der Waals surface area contributed by atoms with Crippen LogP contribution in [0.2, 0.25) is 0 Å². The maximum atomic E-state index is 6.18. The lowest BCUT2D eigenvalue weighted by atomic mass is 9.85. The van der Waals surface area contributed by atoms with Crippen LogP contribution >= 0.6 is 11.6 Å². The number of para-hydroxylation sites is 1. The molecule has 3 rings (SSSR count). The highest BCUT2D eigenvalue weighted by molar-refractivity contribution is 6.17. The van der Waals surface area contributed by atoms with Gasteiger partial charge < -0.3 is 4.90 Å². The fourth-order valence-electron chi connectivity index (χ4n) is 3.16. The largest absolute Gasteiger partial charge is 0.356 e. The SMILES string of the molecule is CC1(C)CCCN(c2nc3ccccc3cc2CCl)CC1. The van der Waals surface area contributed by atoms with E-state index in [1.807, 2.05) is 6.07 Å². The number of pyridine rings is 1. The molecule has 0 atom stereocenters. The fourth-order valence-corrected chi connectivity index (χ4v) is 3.35. The molecule has 1 saturated heterocycles. The van der Waals surface area contributed by atoms with Gasteiger partial charge in [-0.1, -0.05) is 32.0 Å². The zero-order valence-corrected chi connectivity index (χ0v) is 13.7. The number of hydrogen-bond acceptors (Lipinski definition) is 2. The molecule has 112 valence electrons. The first kappa shape index (κ1) is 14.6. The van der Waals surface area contributed by atoms with Crippen molar-refractivity contribution in [3.8, 4) is 0 Å². The van der Waals surface area contributed by atoms with E-state index in [-0.39, 0.29) is 0 Å². The van der Waals surface area contributed by atoms with E-state index < -0.39 is 0 Å². The van der Waals surface area contributed by atoms with Crippen LogP contribution in [0.25, 0.3) is 10.9 Å². The topological polar surface area (TPSA) is 16.1 Å². The molecule has 3 heteroatoms. The highest BCUT2D eigenvalue weighted by Gasteiger charge is 2.24. The molecular formula is C18H23ClN2. The maximum Gasteiger partial charge on any atom is 0.133 e. The van der Waals surface area contributed by atoms with Crippen LogP contribution in [0.3, 0.4) is 0 Å². The van der Waals surface area contributed by atoms with Crippen LogP contribution in [0.5, 0.6) is 0 Å². The molecule has 0 bridgehead atoms. The predicted molar refractivity (Wildman–Crippen MR) is 91.1 cm³/mol. The molecule has 0 N–H and O–H groups in total. The zero-order valence-electron chi connectivity index (χ0n) is 12.9. The van der Waals surface area contributed by atoms with E-state index in [4.69, 9.17) is 16.6 Å². The lowest BCUT2D eigenvalue weighted by Crippen LogP contribution is -2.27. The Morgan fingerprint density at radius 3 is 2.81 bits per heavy atom. The Kier molecular flexibility index (Phi) is 4.08. The van der Waals surface area contributed by atoms with Gasteiger partial charge in [0.05, 0.1) is 11.4 Å². The van der Waals surface area contributed by atoms with Crippen molar-refractivity contribution in [2.75, 3.05) is 18.0 Å². The summed E-state index contributed by atoms with van der Waals surface area (Å²) < 4.78 is 0. The van der Waals surface area contributed by atoms with Gasteiger partial charge >= 0.3 is 0 Å². The van der Waals surface area contributed by atoms with Gasteiger partial charge in [0.15, 0.2) is 0 Å². The second-order valence-electron chi connectivity index (χ2n) is 6.80. The first-order valence-electron chi connectivity index (χ1n) is 7.79. The van der Waals surface area contributed by atoms with Crippen LogP contribution in [-0.2, 0) is 5.88 Å². The molecule has 1 aromatic heterocycles. The van der Waals surface area contributed by atoms with Crippen molar-refractivity contribution in [3.63, 3.8) is 0 Å². The molecule has 0 unspecified atom stereocenters. The van der Waals surface area contributed by atoms with Gasteiger partial charge in [-0.2, -0.15) is 0 Å². The molecule has 1 aliphatic rings. The van der Waals surface area contributed by atoms with Crippen LogP contribution in [0.4, 0.5) is 5.82 Å². The highest BCUT2D eigenvalue weighted by atomic mass is 35.5. The van der Waals surface area contributed by atoms with Gasteiger partial charge in [0, 0.05) is 24.0 Å². The molecule has 2 aromatic rings. The zero-order chi connectivity index (χ0) is 14.9. The first-order chi connectivity index (χ1) is 10.1. The van der Waals surface area contributed by atoms with Gasteiger partial charge in [-0.05, 0) is 36.8 Å². The Hall–Kier alpha value is -1.28. The van der Waals surface area contributed by atoms with E-state index >= 15 is 0 Å². The number of nitrogens with zero attached hydrogens (tertiary/aromatic N) is 2. The second-order valence-corrected chi connectivity index (χ2v) is 7.07. The minimum atomic E-state index is 0.437. The first-order valence-corrected chi connectivity index (χ1v) is 8.32. The standard InChI is InChI=1S/C18H23ClN2/c1-18(2)8-5-10-21(11-9-18)17-15(13-19)12-14-6-3-4-7-16(14)20-17/h3-4,6-7,12H,5,8-11,13H2,1-2H3. The number of benzene rings is 1. The summed E-state index contributed by atoms with van der Waals surface area (Å²) in [5, 5.41) is 1.17. The van der Waals surface area contributed by atoms with E-state index in [0.717, 1.165) is 30.0 Å². The molecule has 0 saturated carbocycles. The number of hydrogen-bond donors (Lipinski definition) is 0. The minimum Gasteiger partial charge on any atom is -0.356 e. The summed E-state index contributed by atoms with van der Waals surface area (Å²) in [6, 6.07) is 10.5. The number of fused-ring (bicyclic) bond motifs is 1. The maximum absolute atomic E-state index is 6.18. The van der Waals surface area contributed by atoms with Gasteiger partial charge in [-0.15, -0.1) is 11.6 Å². The van der Waals surface area contributed by atoms with Gasteiger partial charge in [-0.3, -0.25) is 0 Å². The molecular weight excluding hydrogens is 280 g/mol. The molecule has 1 aromatic carbocycles. The Labute approximate surface area is 132 Å². The lowest BCUT2D eigenvalue weighted by Gasteiger charge is -2.26. The average molecular weight is 303 g/mol. The summed E-state index contributed by atoms with van der Waals surface area (Å²) in [7, 11) is 0. The summed E-state index contributed by atoms with van der Waals surface area (Å²) in [6.45, 7) is 6.89. The molecule has 2 nitrogen and oxygen atoms in total. The number of alkyl halides is 1. The Balaban J connectivity index is 1.98. The van der Waals surface area contributed by atoms with Crippen LogP contribution in [0.1, 0.15) is 38.7 Å². The van der Waals surface area contributed by atoms with Crippen molar-refractivity contribution in [1.29, 1.82) is 0 Å². The molecule has 0 aliphatic carbocycles. The average Bonchev–Trinajstić information content (AvgIpc) is 2.66. The normalized spacial score (nSPS) is 18.7. The quantitative estimate of drug-likeness (QED) is 0.727. The number of anilines is 1. The van der Waals surface area contributed by atoms with Crippen molar-refractivity contribution >= 4 is 28.3 Å². The van der Waals surface area contributed by atoms with Crippen molar-refractivity contribution in [1.82, 2.24) is 4.98 Å². The summed E-state index contributed by atoms with van der Waals surface area (Å²) in [4.78, 5) is 7.33. The third-order valence-corrected chi connectivity index (χ3v) is 4.85. The molecule has 21 heavy (non-hydrogen) atoms. The summed E-state index contributed by atoms with van der Waals surface area (Å²) >= 11 is 6.18. The Morgan fingerprint density at radius 1 is 1.19 bits per heavy atom. The van der Waals surface area contributed by atoms with Gasteiger partial charge in [0.1, 0.15) is 5.82 Å². The smallest absolute Gasteiger partial charge is 0.133 e. The van der Waals surface area contributed by atoms with Gasteiger partial charge in [0.25, 0.3) is 0 Å². The Bertz CT molecular complexity index is 636. The molecule has 0 spiro atoms. The summed E-state index contributed by atoms with van der Waals surface area (Å²) in [5.74, 6) is 1.61. The van der Waals surface area contributed by atoms with E-state index in [1.54, 1.807) is 0 Å². The lowest BCUT2D eigenvalue weighted by molar-refractivity contribution is 0.325. The fraction of sp³-hybridized carbons (Fsp3) is 0.500. The van der Waals surface area contributed by atoms with Crippen LogP contribution in [0, 0.1) is 5.41 Å². The van der Waals surface area contributed by atoms with E-state index in [9.17, 15) is 0 Å². The molecule has 1 aliphatic heterocycles. The van der Waals surface area contributed by atoms with Crippen LogP contribution in [0.15, 0.2) is 30.3 Å².